The summed E-state index contributed by atoms with van der Waals surface area (Å²) in [4.78, 5) is 12.0. The molecule has 2 aromatic rings. The highest BCUT2D eigenvalue weighted by Crippen LogP contribution is 2.21. The van der Waals surface area contributed by atoms with Gasteiger partial charge in [0.25, 0.3) is 6.33 Å². The van der Waals surface area contributed by atoms with Crippen molar-refractivity contribution in [3.8, 4) is 0 Å². The standard InChI is InChI=1S/C12H12Cl2N3O/c1-2-16-7-15-17(8-16)6-12(18)10-4-3-9(13)5-11(10)14/h3-5,7-8H,2,6H2,1H3/q+1. The van der Waals surface area contributed by atoms with E-state index < -0.39 is 0 Å². The van der Waals surface area contributed by atoms with Crippen molar-refractivity contribution < 1.29 is 9.36 Å². The Hall–Kier alpha value is -1.39. The molecule has 0 unspecified atom stereocenters. The molecular formula is C12H12Cl2N3O+. The van der Waals surface area contributed by atoms with Crippen LogP contribution >= 0.6 is 23.2 Å². The van der Waals surface area contributed by atoms with E-state index >= 15 is 0 Å². The van der Waals surface area contributed by atoms with Crippen LogP contribution in [0.3, 0.4) is 0 Å². The molecule has 0 bridgehead atoms. The highest BCUT2D eigenvalue weighted by molar-refractivity contribution is 6.36. The maximum atomic E-state index is 12.0. The fourth-order valence-corrected chi connectivity index (χ4v) is 2.07. The molecule has 18 heavy (non-hydrogen) atoms. The molecule has 94 valence electrons. The first-order valence-electron chi connectivity index (χ1n) is 5.50. The van der Waals surface area contributed by atoms with Crippen LogP contribution in [0.1, 0.15) is 17.3 Å². The monoisotopic (exact) mass is 284 g/mol. The predicted octanol–water partition coefficient (Wildman–Crippen LogP) is 2.38. The van der Waals surface area contributed by atoms with Crippen LogP contribution in [0.4, 0.5) is 0 Å². The predicted molar refractivity (Wildman–Crippen MR) is 68.9 cm³/mol. The van der Waals surface area contributed by atoms with Gasteiger partial charge in [-0.15, -0.1) is 4.68 Å². The minimum atomic E-state index is -0.0944. The van der Waals surface area contributed by atoms with Crippen LogP contribution < -0.4 is 4.57 Å². The van der Waals surface area contributed by atoms with E-state index in [2.05, 4.69) is 5.10 Å². The van der Waals surface area contributed by atoms with Crippen LogP contribution in [-0.2, 0) is 13.1 Å². The smallest absolute Gasteiger partial charge is 0.265 e. The first kappa shape index (κ1) is 13.1. The number of halogens is 2. The topological polar surface area (TPSA) is 38.8 Å². The highest BCUT2D eigenvalue weighted by atomic mass is 35.5. The van der Waals surface area contributed by atoms with E-state index in [-0.39, 0.29) is 12.3 Å². The molecule has 0 amide bonds. The Labute approximate surface area is 115 Å². The zero-order valence-electron chi connectivity index (χ0n) is 9.81. The Bertz CT molecular complexity index is 580. The van der Waals surface area contributed by atoms with Crippen molar-refractivity contribution in [1.82, 2.24) is 9.78 Å². The Kier molecular flexibility index (Phi) is 3.99. The molecule has 1 aromatic heterocycles. The number of carbonyl (C=O) groups is 1. The average Bonchev–Trinajstić information content (AvgIpc) is 2.76. The second kappa shape index (κ2) is 5.50. The number of ketones is 1. The molecule has 1 aromatic carbocycles. The van der Waals surface area contributed by atoms with Crippen molar-refractivity contribution >= 4 is 29.0 Å². The lowest BCUT2D eigenvalue weighted by Gasteiger charge is -2.01. The van der Waals surface area contributed by atoms with Gasteiger partial charge in [-0.3, -0.25) is 4.79 Å². The number of hydrogen-bond acceptors (Lipinski definition) is 2. The molecular weight excluding hydrogens is 273 g/mol. The van der Waals surface area contributed by atoms with Gasteiger partial charge in [-0.2, -0.15) is 0 Å². The fourth-order valence-electron chi connectivity index (χ4n) is 1.56. The van der Waals surface area contributed by atoms with Crippen molar-refractivity contribution in [3.63, 3.8) is 0 Å². The molecule has 0 fully saturated rings. The van der Waals surface area contributed by atoms with Gasteiger partial charge in [-0.05, 0) is 25.1 Å². The molecule has 0 spiro atoms. The van der Waals surface area contributed by atoms with Gasteiger partial charge in [-0.25, -0.2) is 4.57 Å². The number of rotatable bonds is 4. The summed E-state index contributed by atoms with van der Waals surface area (Å²) in [6, 6.07) is 4.84. The summed E-state index contributed by atoms with van der Waals surface area (Å²) < 4.78 is 3.47. The molecule has 0 aliphatic carbocycles. The van der Waals surface area contributed by atoms with Gasteiger partial charge < -0.3 is 0 Å². The number of aromatic nitrogens is 3. The third-order valence-electron chi connectivity index (χ3n) is 2.53. The van der Waals surface area contributed by atoms with E-state index in [4.69, 9.17) is 23.2 Å². The normalized spacial score (nSPS) is 10.6. The fraction of sp³-hybridized carbons (Fsp3) is 0.250. The van der Waals surface area contributed by atoms with Crippen molar-refractivity contribution in [2.45, 2.75) is 20.0 Å². The van der Waals surface area contributed by atoms with E-state index in [0.717, 1.165) is 6.54 Å². The van der Waals surface area contributed by atoms with Gasteiger partial charge in [0.05, 0.1) is 11.6 Å². The van der Waals surface area contributed by atoms with E-state index in [0.29, 0.717) is 15.6 Å². The van der Waals surface area contributed by atoms with E-state index in [1.54, 1.807) is 35.5 Å². The number of carbonyl (C=O) groups excluding carboxylic acids is 1. The summed E-state index contributed by atoms with van der Waals surface area (Å²) in [5.41, 5.74) is 0.458. The van der Waals surface area contributed by atoms with Gasteiger partial charge in [-0.1, -0.05) is 23.2 Å². The lowest BCUT2D eigenvalue weighted by atomic mass is 10.1. The lowest BCUT2D eigenvalue weighted by molar-refractivity contribution is -0.694. The number of aryl methyl sites for hydroxylation is 1. The molecule has 0 aliphatic heterocycles. The van der Waals surface area contributed by atoms with E-state index in [1.807, 2.05) is 11.5 Å². The molecule has 0 saturated carbocycles. The number of hydrogen-bond donors (Lipinski definition) is 0. The van der Waals surface area contributed by atoms with Crippen LogP contribution in [0.15, 0.2) is 30.9 Å². The number of nitrogens with zero attached hydrogens (tertiary/aromatic N) is 3. The second-order valence-electron chi connectivity index (χ2n) is 3.82. The Morgan fingerprint density at radius 1 is 1.44 bits per heavy atom. The summed E-state index contributed by atoms with van der Waals surface area (Å²) in [7, 11) is 0. The third kappa shape index (κ3) is 2.89. The minimum absolute atomic E-state index is 0.0944. The zero-order chi connectivity index (χ0) is 13.1. The Morgan fingerprint density at radius 3 is 2.83 bits per heavy atom. The zero-order valence-corrected chi connectivity index (χ0v) is 11.3. The van der Waals surface area contributed by atoms with Crippen molar-refractivity contribution in [3.05, 3.63) is 46.5 Å². The molecule has 1 heterocycles. The van der Waals surface area contributed by atoms with Gasteiger partial charge in [0.2, 0.25) is 12.1 Å². The maximum Gasteiger partial charge on any atom is 0.265 e. The summed E-state index contributed by atoms with van der Waals surface area (Å²) in [6.07, 6.45) is 3.46. The van der Waals surface area contributed by atoms with Crippen molar-refractivity contribution in [2.24, 2.45) is 0 Å². The second-order valence-corrected chi connectivity index (χ2v) is 4.67. The Balaban J connectivity index is 2.16. The SMILES string of the molecule is CC[n+]1cnn(CC(=O)c2ccc(Cl)cc2Cl)c1. The summed E-state index contributed by atoms with van der Waals surface area (Å²) in [5.74, 6) is -0.0944. The van der Waals surface area contributed by atoms with Crippen LogP contribution in [-0.4, -0.2) is 15.6 Å². The third-order valence-corrected chi connectivity index (χ3v) is 3.08. The number of Topliss-reactive ketones (excluding diaryl/α,β-unsaturated/α-hetero) is 1. The summed E-state index contributed by atoms with van der Waals surface area (Å²) in [5, 5.41) is 4.97. The molecule has 0 N–H and O–H groups in total. The van der Waals surface area contributed by atoms with Crippen LogP contribution in [0, 0.1) is 0 Å². The van der Waals surface area contributed by atoms with Gasteiger partial charge in [0, 0.05) is 15.7 Å². The van der Waals surface area contributed by atoms with Crippen LogP contribution in [0.25, 0.3) is 0 Å². The summed E-state index contributed by atoms with van der Waals surface area (Å²) in [6.45, 7) is 2.98. The van der Waals surface area contributed by atoms with E-state index in [1.165, 1.54) is 0 Å². The molecule has 4 nitrogen and oxygen atoms in total. The lowest BCUT2D eigenvalue weighted by Crippen LogP contribution is -2.29. The van der Waals surface area contributed by atoms with E-state index in [9.17, 15) is 4.79 Å². The van der Waals surface area contributed by atoms with Crippen LogP contribution in [0.5, 0.6) is 0 Å². The van der Waals surface area contributed by atoms with Crippen molar-refractivity contribution in [1.29, 1.82) is 0 Å². The molecule has 0 radical (unpaired) electrons. The first-order valence-corrected chi connectivity index (χ1v) is 6.25. The quantitative estimate of drug-likeness (QED) is 0.639. The Morgan fingerprint density at radius 2 is 2.22 bits per heavy atom. The molecule has 0 saturated heterocycles. The molecule has 6 heteroatoms. The number of benzene rings is 1. The first-order chi connectivity index (χ1) is 8.60. The summed E-state index contributed by atoms with van der Waals surface area (Å²) >= 11 is 11.8. The van der Waals surface area contributed by atoms with Gasteiger partial charge >= 0.3 is 0 Å². The largest absolute Gasteiger partial charge is 0.290 e. The average molecular weight is 285 g/mol. The van der Waals surface area contributed by atoms with Gasteiger partial charge in [0.1, 0.15) is 0 Å². The van der Waals surface area contributed by atoms with Crippen LogP contribution in [0.2, 0.25) is 10.0 Å². The maximum absolute atomic E-state index is 12.0. The molecule has 2 rings (SSSR count). The highest BCUT2D eigenvalue weighted by Gasteiger charge is 2.15. The van der Waals surface area contributed by atoms with Crippen molar-refractivity contribution in [2.75, 3.05) is 0 Å². The molecule has 0 aliphatic rings. The minimum Gasteiger partial charge on any atom is -0.290 e. The molecule has 0 atom stereocenters. The van der Waals surface area contributed by atoms with Gasteiger partial charge in [0.15, 0.2) is 6.54 Å².